The maximum atomic E-state index is 13.1. The molecule has 7 heteroatoms. The van der Waals surface area contributed by atoms with Gasteiger partial charge in [-0.05, 0) is 18.4 Å². The number of amides is 2. The van der Waals surface area contributed by atoms with E-state index in [-0.39, 0.29) is 17.9 Å². The van der Waals surface area contributed by atoms with Gasteiger partial charge >= 0.3 is 0 Å². The molecule has 3 heterocycles. The predicted molar refractivity (Wildman–Crippen MR) is 104 cm³/mol. The predicted octanol–water partition coefficient (Wildman–Crippen LogP) is 2.56. The number of piperazine rings is 1. The van der Waals surface area contributed by atoms with Gasteiger partial charge in [-0.2, -0.15) is 0 Å². The van der Waals surface area contributed by atoms with Crippen LogP contribution in [0.4, 0.5) is 0 Å². The molecule has 7 nitrogen and oxygen atoms in total. The van der Waals surface area contributed by atoms with Crippen molar-refractivity contribution in [1.82, 2.24) is 24.3 Å². The van der Waals surface area contributed by atoms with Crippen LogP contribution in [-0.2, 0) is 11.3 Å². The standard InChI is InChI=1S/C20H29N5O2/c1-5-6-7-17-20(27)23(4)8-9-25(17)19(26)15-10-16-18(21-11-15)24(13-22-16)12-14(2)3/h10-11,13-14,17H,5-9,12H2,1-4H3. The maximum absolute atomic E-state index is 13.1. The molecule has 146 valence electrons. The molecule has 1 aliphatic heterocycles. The van der Waals surface area contributed by atoms with E-state index in [0.717, 1.165) is 25.0 Å². The zero-order valence-corrected chi connectivity index (χ0v) is 16.7. The Balaban J connectivity index is 1.86. The largest absolute Gasteiger partial charge is 0.342 e. The zero-order valence-electron chi connectivity index (χ0n) is 16.7. The molecule has 0 radical (unpaired) electrons. The number of carbonyl (C=O) groups excluding carboxylic acids is 2. The van der Waals surface area contributed by atoms with Crippen molar-refractivity contribution in [2.75, 3.05) is 20.1 Å². The molecule has 0 bridgehead atoms. The minimum atomic E-state index is -0.384. The Morgan fingerprint density at radius 1 is 1.30 bits per heavy atom. The molecule has 0 saturated carbocycles. The highest BCUT2D eigenvalue weighted by atomic mass is 16.2. The van der Waals surface area contributed by atoms with Gasteiger partial charge < -0.3 is 14.4 Å². The van der Waals surface area contributed by atoms with E-state index >= 15 is 0 Å². The third kappa shape index (κ3) is 3.96. The molecule has 0 spiro atoms. The van der Waals surface area contributed by atoms with Gasteiger partial charge in [-0.3, -0.25) is 9.59 Å². The number of likely N-dealkylation sites (N-methyl/N-ethyl adjacent to an activating group) is 1. The van der Waals surface area contributed by atoms with E-state index in [1.54, 1.807) is 35.4 Å². The first-order valence-electron chi connectivity index (χ1n) is 9.79. The van der Waals surface area contributed by atoms with Crippen molar-refractivity contribution in [3.8, 4) is 0 Å². The summed E-state index contributed by atoms with van der Waals surface area (Å²) in [5.41, 5.74) is 2.00. The third-order valence-electron chi connectivity index (χ3n) is 5.07. The second kappa shape index (κ2) is 8.06. The second-order valence-corrected chi connectivity index (χ2v) is 7.77. The van der Waals surface area contributed by atoms with E-state index < -0.39 is 0 Å². The van der Waals surface area contributed by atoms with Gasteiger partial charge in [0.1, 0.15) is 11.6 Å². The fourth-order valence-corrected chi connectivity index (χ4v) is 3.59. The van der Waals surface area contributed by atoms with Crippen molar-refractivity contribution in [2.45, 2.75) is 52.6 Å². The Bertz CT molecular complexity index is 829. The van der Waals surface area contributed by atoms with Gasteiger partial charge in [-0.1, -0.05) is 33.6 Å². The highest BCUT2D eigenvalue weighted by molar-refractivity contribution is 5.99. The smallest absolute Gasteiger partial charge is 0.256 e. The number of hydrogen-bond acceptors (Lipinski definition) is 4. The fourth-order valence-electron chi connectivity index (χ4n) is 3.59. The van der Waals surface area contributed by atoms with Crippen LogP contribution in [0.15, 0.2) is 18.6 Å². The molecule has 0 N–H and O–H groups in total. The Morgan fingerprint density at radius 2 is 2.07 bits per heavy atom. The van der Waals surface area contributed by atoms with E-state index in [1.165, 1.54) is 0 Å². The lowest BCUT2D eigenvalue weighted by Crippen LogP contribution is -2.57. The SMILES string of the molecule is CCCCC1C(=O)N(C)CCN1C(=O)c1cnc2c(c1)ncn2CC(C)C. The molecule has 0 aromatic carbocycles. The number of hydrogen-bond donors (Lipinski definition) is 0. The molecule has 3 rings (SSSR count). The summed E-state index contributed by atoms with van der Waals surface area (Å²) in [6.45, 7) is 8.33. The summed E-state index contributed by atoms with van der Waals surface area (Å²) in [6.07, 6.45) is 6.00. The van der Waals surface area contributed by atoms with E-state index in [2.05, 4.69) is 30.7 Å². The minimum Gasteiger partial charge on any atom is -0.342 e. The Hall–Kier alpha value is -2.44. The lowest BCUT2D eigenvalue weighted by molar-refractivity contribution is -0.138. The number of aromatic nitrogens is 3. The van der Waals surface area contributed by atoms with Crippen molar-refractivity contribution < 1.29 is 9.59 Å². The first kappa shape index (κ1) is 19.3. The van der Waals surface area contributed by atoms with Crippen LogP contribution in [0.2, 0.25) is 0 Å². The first-order chi connectivity index (χ1) is 12.9. The van der Waals surface area contributed by atoms with Gasteiger partial charge in [0.25, 0.3) is 5.91 Å². The molecule has 1 atom stereocenters. The number of imidazole rings is 1. The van der Waals surface area contributed by atoms with Crippen LogP contribution in [-0.4, -0.2) is 62.3 Å². The fraction of sp³-hybridized carbons (Fsp3) is 0.600. The molecular formula is C20H29N5O2. The topological polar surface area (TPSA) is 71.3 Å². The summed E-state index contributed by atoms with van der Waals surface area (Å²) in [5.74, 6) is 0.379. The molecule has 2 amide bonds. The van der Waals surface area contributed by atoms with Crippen LogP contribution in [0.25, 0.3) is 11.2 Å². The lowest BCUT2D eigenvalue weighted by Gasteiger charge is -2.39. The number of carbonyl (C=O) groups is 2. The summed E-state index contributed by atoms with van der Waals surface area (Å²) in [6, 6.07) is 1.41. The molecule has 2 aromatic heterocycles. The van der Waals surface area contributed by atoms with Gasteiger partial charge in [0.2, 0.25) is 5.91 Å². The monoisotopic (exact) mass is 371 g/mol. The first-order valence-corrected chi connectivity index (χ1v) is 9.79. The van der Waals surface area contributed by atoms with Crippen LogP contribution in [0, 0.1) is 5.92 Å². The molecule has 27 heavy (non-hydrogen) atoms. The van der Waals surface area contributed by atoms with Gasteiger partial charge in [0, 0.05) is 32.9 Å². The van der Waals surface area contributed by atoms with E-state index in [9.17, 15) is 9.59 Å². The lowest BCUT2D eigenvalue weighted by atomic mass is 10.0. The molecule has 1 saturated heterocycles. The van der Waals surface area contributed by atoms with Gasteiger partial charge in [0.05, 0.1) is 11.9 Å². The second-order valence-electron chi connectivity index (χ2n) is 7.77. The molecular weight excluding hydrogens is 342 g/mol. The Morgan fingerprint density at radius 3 is 2.78 bits per heavy atom. The average molecular weight is 371 g/mol. The molecule has 1 fully saturated rings. The maximum Gasteiger partial charge on any atom is 0.256 e. The summed E-state index contributed by atoms with van der Waals surface area (Å²) in [7, 11) is 1.80. The van der Waals surface area contributed by atoms with Crippen molar-refractivity contribution in [3.63, 3.8) is 0 Å². The molecule has 2 aromatic rings. The number of fused-ring (bicyclic) bond motifs is 1. The molecule has 0 aliphatic carbocycles. The van der Waals surface area contributed by atoms with Crippen molar-refractivity contribution >= 4 is 23.0 Å². The van der Waals surface area contributed by atoms with Crippen molar-refractivity contribution in [1.29, 1.82) is 0 Å². The quantitative estimate of drug-likeness (QED) is 0.782. The number of unbranched alkanes of at least 4 members (excludes halogenated alkanes) is 1. The van der Waals surface area contributed by atoms with Gasteiger partial charge in [0.15, 0.2) is 5.65 Å². The number of rotatable bonds is 6. The summed E-state index contributed by atoms with van der Waals surface area (Å²) >= 11 is 0. The van der Waals surface area contributed by atoms with Crippen molar-refractivity contribution in [3.05, 3.63) is 24.2 Å². The van der Waals surface area contributed by atoms with Crippen LogP contribution >= 0.6 is 0 Å². The summed E-state index contributed by atoms with van der Waals surface area (Å²) < 4.78 is 2.01. The minimum absolute atomic E-state index is 0.0262. The Kier molecular flexibility index (Phi) is 5.77. The molecule has 1 unspecified atom stereocenters. The van der Waals surface area contributed by atoms with E-state index in [0.29, 0.717) is 36.5 Å². The summed E-state index contributed by atoms with van der Waals surface area (Å²) in [4.78, 5) is 38.1. The average Bonchev–Trinajstić information content (AvgIpc) is 3.03. The van der Waals surface area contributed by atoms with Crippen LogP contribution in [0.5, 0.6) is 0 Å². The van der Waals surface area contributed by atoms with Crippen LogP contribution in [0.3, 0.4) is 0 Å². The highest BCUT2D eigenvalue weighted by Crippen LogP contribution is 2.21. The van der Waals surface area contributed by atoms with Crippen LogP contribution in [0.1, 0.15) is 50.4 Å². The van der Waals surface area contributed by atoms with E-state index in [4.69, 9.17) is 0 Å². The highest BCUT2D eigenvalue weighted by Gasteiger charge is 2.36. The summed E-state index contributed by atoms with van der Waals surface area (Å²) in [5, 5.41) is 0. The molecule has 1 aliphatic rings. The number of nitrogens with zero attached hydrogens (tertiary/aromatic N) is 5. The van der Waals surface area contributed by atoms with Gasteiger partial charge in [-0.25, -0.2) is 9.97 Å². The number of pyridine rings is 1. The Labute approximate surface area is 160 Å². The van der Waals surface area contributed by atoms with Gasteiger partial charge in [-0.15, -0.1) is 0 Å². The zero-order chi connectivity index (χ0) is 19.6. The normalized spacial score (nSPS) is 18.0. The third-order valence-corrected chi connectivity index (χ3v) is 5.07. The van der Waals surface area contributed by atoms with Crippen LogP contribution < -0.4 is 0 Å². The van der Waals surface area contributed by atoms with E-state index in [1.807, 2.05) is 4.57 Å². The van der Waals surface area contributed by atoms with Crippen molar-refractivity contribution in [2.24, 2.45) is 5.92 Å².